The van der Waals surface area contributed by atoms with Crippen LogP contribution in [-0.4, -0.2) is 24.3 Å². The van der Waals surface area contributed by atoms with Crippen LogP contribution in [0.15, 0.2) is 71.8 Å². The average molecular weight is 390 g/mol. The summed E-state index contributed by atoms with van der Waals surface area (Å²) in [5.41, 5.74) is 5.86. The van der Waals surface area contributed by atoms with E-state index in [0.29, 0.717) is 23.7 Å². The summed E-state index contributed by atoms with van der Waals surface area (Å²) in [6.45, 7) is 2.48. The Balaban J connectivity index is 1.61. The second kappa shape index (κ2) is 9.41. The van der Waals surface area contributed by atoms with Gasteiger partial charge in [0.1, 0.15) is 12.4 Å². The number of aromatic hydroxyl groups is 1. The van der Waals surface area contributed by atoms with Gasteiger partial charge in [0.25, 0.3) is 5.91 Å². The standard InChI is InChI=1S/C23H22N2O4/c1-16-3-5-17(6-4-16)15-29-21-12-7-18(13-22(21)28-2)14-24-25-23(27)19-8-10-20(26)11-9-19/h3-14,26H,15H2,1-2H3,(H,25,27)/b24-14-. The van der Waals surface area contributed by atoms with Gasteiger partial charge in [0.05, 0.1) is 13.3 Å². The van der Waals surface area contributed by atoms with Crippen molar-refractivity contribution in [3.05, 3.63) is 89.0 Å². The fraction of sp³-hybridized carbons (Fsp3) is 0.130. The lowest BCUT2D eigenvalue weighted by molar-refractivity contribution is 0.0955. The van der Waals surface area contributed by atoms with Gasteiger partial charge in [0.2, 0.25) is 0 Å². The largest absolute Gasteiger partial charge is 0.508 e. The number of rotatable bonds is 7. The van der Waals surface area contributed by atoms with Crippen LogP contribution < -0.4 is 14.9 Å². The number of nitrogens with one attached hydrogen (secondary N) is 1. The average Bonchev–Trinajstić information content (AvgIpc) is 2.74. The Bertz CT molecular complexity index is 996. The normalized spacial score (nSPS) is 10.7. The number of phenols is 1. The van der Waals surface area contributed by atoms with Crippen molar-refractivity contribution in [2.45, 2.75) is 13.5 Å². The molecule has 29 heavy (non-hydrogen) atoms. The number of nitrogens with zero attached hydrogens (tertiary/aromatic N) is 1. The number of aryl methyl sites for hydroxylation is 1. The molecule has 0 spiro atoms. The summed E-state index contributed by atoms with van der Waals surface area (Å²) in [5.74, 6) is 0.928. The van der Waals surface area contributed by atoms with Gasteiger partial charge < -0.3 is 14.6 Å². The summed E-state index contributed by atoms with van der Waals surface area (Å²) >= 11 is 0. The molecule has 148 valence electrons. The first-order valence-corrected chi connectivity index (χ1v) is 9.04. The van der Waals surface area contributed by atoms with E-state index in [9.17, 15) is 9.90 Å². The molecule has 1 amide bonds. The smallest absolute Gasteiger partial charge is 0.271 e. The van der Waals surface area contributed by atoms with Gasteiger partial charge >= 0.3 is 0 Å². The maximum Gasteiger partial charge on any atom is 0.271 e. The number of carbonyl (C=O) groups is 1. The van der Waals surface area contributed by atoms with E-state index in [1.54, 1.807) is 19.2 Å². The third kappa shape index (κ3) is 5.59. The van der Waals surface area contributed by atoms with Gasteiger partial charge in [-0.05, 0) is 60.5 Å². The molecular formula is C23H22N2O4. The minimum absolute atomic E-state index is 0.0989. The van der Waals surface area contributed by atoms with E-state index in [-0.39, 0.29) is 11.7 Å². The Labute approximate surface area is 169 Å². The number of hydrogen-bond donors (Lipinski definition) is 2. The molecule has 0 aliphatic heterocycles. The van der Waals surface area contributed by atoms with Crippen molar-refractivity contribution in [1.82, 2.24) is 5.43 Å². The van der Waals surface area contributed by atoms with Gasteiger partial charge in [0.15, 0.2) is 11.5 Å². The van der Waals surface area contributed by atoms with Crippen LogP contribution in [0.3, 0.4) is 0 Å². The number of phenolic OH excluding ortho intramolecular Hbond substituents is 1. The second-order valence-corrected chi connectivity index (χ2v) is 6.43. The molecule has 2 N–H and O–H groups in total. The van der Waals surface area contributed by atoms with Crippen molar-refractivity contribution in [2.75, 3.05) is 7.11 Å². The van der Waals surface area contributed by atoms with Crippen molar-refractivity contribution >= 4 is 12.1 Å². The van der Waals surface area contributed by atoms with Crippen molar-refractivity contribution < 1.29 is 19.4 Å². The molecular weight excluding hydrogens is 368 g/mol. The molecule has 0 atom stereocenters. The first-order chi connectivity index (χ1) is 14.0. The highest BCUT2D eigenvalue weighted by Crippen LogP contribution is 2.28. The van der Waals surface area contributed by atoms with Crippen molar-refractivity contribution in [3.63, 3.8) is 0 Å². The minimum atomic E-state index is -0.369. The SMILES string of the molecule is COc1cc(/C=N\NC(=O)c2ccc(O)cc2)ccc1OCc1ccc(C)cc1. The zero-order chi connectivity index (χ0) is 20.6. The number of hydrogen-bond acceptors (Lipinski definition) is 5. The summed E-state index contributed by atoms with van der Waals surface area (Å²) in [7, 11) is 1.57. The molecule has 0 heterocycles. The highest BCUT2D eigenvalue weighted by molar-refractivity contribution is 5.95. The Morgan fingerprint density at radius 2 is 1.76 bits per heavy atom. The van der Waals surface area contributed by atoms with Gasteiger partial charge in [-0.2, -0.15) is 5.10 Å². The highest BCUT2D eigenvalue weighted by atomic mass is 16.5. The van der Waals surface area contributed by atoms with Crippen LogP contribution in [0.2, 0.25) is 0 Å². The van der Waals surface area contributed by atoms with Crippen LogP contribution in [0, 0.1) is 6.92 Å². The molecule has 0 saturated carbocycles. The Morgan fingerprint density at radius 1 is 1.03 bits per heavy atom. The molecule has 0 aliphatic rings. The summed E-state index contributed by atoms with van der Waals surface area (Å²) < 4.78 is 11.3. The van der Waals surface area contributed by atoms with Crippen LogP contribution in [-0.2, 0) is 6.61 Å². The molecule has 0 bridgehead atoms. The van der Waals surface area contributed by atoms with Crippen LogP contribution in [0.1, 0.15) is 27.0 Å². The zero-order valence-electron chi connectivity index (χ0n) is 16.3. The fourth-order valence-corrected chi connectivity index (χ4v) is 2.57. The molecule has 3 aromatic carbocycles. The molecule has 3 rings (SSSR count). The first-order valence-electron chi connectivity index (χ1n) is 9.04. The van der Waals surface area contributed by atoms with E-state index < -0.39 is 0 Å². The second-order valence-electron chi connectivity index (χ2n) is 6.43. The van der Waals surface area contributed by atoms with Gasteiger partial charge in [-0.3, -0.25) is 4.79 Å². The molecule has 0 aliphatic carbocycles. The van der Waals surface area contributed by atoms with Gasteiger partial charge in [-0.25, -0.2) is 5.43 Å². The Hall–Kier alpha value is -3.80. The number of methoxy groups -OCH3 is 1. The topological polar surface area (TPSA) is 80.2 Å². The maximum absolute atomic E-state index is 12.0. The fourth-order valence-electron chi connectivity index (χ4n) is 2.57. The van der Waals surface area contributed by atoms with E-state index in [4.69, 9.17) is 9.47 Å². The molecule has 0 radical (unpaired) electrons. The Morgan fingerprint density at radius 3 is 2.45 bits per heavy atom. The molecule has 0 unspecified atom stereocenters. The van der Waals surface area contributed by atoms with E-state index in [0.717, 1.165) is 11.1 Å². The number of amides is 1. The van der Waals surface area contributed by atoms with Crippen molar-refractivity contribution in [3.8, 4) is 17.2 Å². The molecule has 0 aromatic heterocycles. The van der Waals surface area contributed by atoms with Crippen LogP contribution in [0.4, 0.5) is 0 Å². The van der Waals surface area contributed by atoms with Gasteiger partial charge in [-0.15, -0.1) is 0 Å². The Kier molecular flexibility index (Phi) is 6.47. The molecule has 6 heteroatoms. The molecule has 3 aromatic rings. The van der Waals surface area contributed by atoms with Gasteiger partial charge in [0, 0.05) is 5.56 Å². The van der Waals surface area contributed by atoms with E-state index in [1.165, 1.54) is 36.0 Å². The zero-order valence-corrected chi connectivity index (χ0v) is 16.3. The lowest BCUT2D eigenvalue weighted by atomic mass is 10.2. The van der Waals surface area contributed by atoms with E-state index in [2.05, 4.69) is 10.5 Å². The van der Waals surface area contributed by atoms with Crippen molar-refractivity contribution in [1.29, 1.82) is 0 Å². The summed E-state index contributed by atoms with van der Waals surface area (Å²) in [5, 5.41) is 13.2. The third-order valence-corrected chi connectivity index (χ3v) is 4.21. The lowest BCUT2D eigenvalue weighted by Gasteiger charge is -2.11. The quantitative estimate of drug-likeness (QED) is 0.471. The lowest BCUT2D eigenvalue weighted by Crippen LogP contribution is -2.17. The maximum atomic E-state index is 12.0. The first kappa shape index (κ1) is 19.9. The van der Waals surface area contributed by atoms with Crippen LogP contribution in [0.25, 0.3) is 0 Å². The number of hydrazone groups is 1. The summed E-state index contributed by atoms with van der Waals surface area (Å²) in [6.07, 6.45) is 1.52. The minimum Gasteiger partial charge on any atom is -0.508 e. The number of carbonyl (C=O) groups excluding carboxylic acids is 1. The van der Waals surface area contributed by atoms with E-state index >= 15 is 0 Å². The van der Waals surface area contributed by atoms with E-state index in [1.807, 2.05) is 37.3 Å². The van der Waals surface area contributed by atoms with Crippen molar-refractivity contribution in [2.24, 2.45) is 5.10 Å². The molecule has 0 saturated heterocycles. The van der Waals surface area contributed by atoms with Gasteiger partial charge in [-0.1, -0.05) is 29.8 Å². The monoisotopic (exact) mass is 390 g/mol. The predicted octanol–water partition coefficient (Wildman–Crippen LogP) is 4.05. The van der Waals surface area contributed by atoms with Crippen LogP contribution in [0.5, 0.6) is 17.2 Å². The summed E-state index contributed by atoms with van der Waals surface area (Å²) in [6, 6.07) is 19.5. The predicted molar refractivity (Wildman–Crippen MR) is 112 cm³/mol. The number of benzene rings is 3. The molecule has 6 nitrogen and oxygen atoms in total. The highest BCUT2D eigenvalue weighted by Gasteiger charge is 2.07. The molecule has 0 fully saturated rings. The summed E-state index contributed by atoms with van der Waals surface area (Å²) in [4.78, 5) is 12.0. The third-order valence-electron chi connectivity index (χ3n) is 4.21. The van der Waals surface area contributed by atoms with Crippen LogP contribution >= 0.6 is 0 Å². The number of ether oxygens (including phenoxy) is 2.